The molecule has 2 N–H and O–H groups in total. The van der Waals surface area contributed by atoms with Gasteiger partial charge in [-0.05, 0) is 115 Å². The number of aldehydes is 1. The summed E-state index contributed by atoms with van der Waals surface area (Å²) in [6.07, 6.45) is 14.7. The van der Waals surface area contributed by atoms with Crippen molar-refractivity contribution in [1.82, 2.24) is 4.90 Å². The number of halogens is 1. The van der Waals surface area contributed by atoms with Crippen LogP contribution in [0.3, 0.4) is 0 Å². The highest BCUT2D eigenvalue weighted by molar-refractivity contribution is 14.1. The van der Waals surface area contributed by atoms with Gasteiger partial charge >= 0.3 is 17.9 Å². The SMILES string of the molecule is CC.CC/C=C/C=C/C=C(\C)CC.CCC(C)C(=O)[C@H](OC)C(O)/C(C)=C/CC(=O)C[C@H](OC)C(C[C@@H]1CCC(OC(=O)C(C)(COC(C)=O)COC(=O)CCI)[C@H](OC)C1)[C@H]1CCN(C(=O)C(=O)C2(O)OCCCC2C)C(C=O)C1. The fourth-order valence-corrected chi connectivity index (χ4v) is 10.5. The molecule has 3 aliphatic rings. The standard InChI is InChI=1S/C49H76INO17.C11H18.C2H6/c1-10-29(2)42(56)44(64-9)43(57)30(3)13-15-36(54)25-39(62-7)37(34-18-20-51(35(24-34)26-52)46(59)45(58)49(61)31(4)12-11-21-67-49)22-33-14-16-38(40(23-33)63-8)68-47(60)48(6,27-65-32(5)53)28-66-41(55)17-19-50;1-4-6-7-8-9-10-11(3)5-2;1-2/h13,26,29,31,33-35,37-40,43-44,57,61H,10-12,14-25,27-28H2,1-9H3;6-10H,4-5H2,1-3H3;1-2H3/b30-13+;7-6+,9-8+,11-10+;/t29?,31?,33-,34-,35?,37?,38?,39-,40+,43?,44-,48?,49?;;/m0../s1. The van der Waals surface area contributed by atoms with Crippen LogP contribution < -0.4 is 0 Å². The molecule has 2 heterocycles. The molecule has 1 aliphatic carbocycles. The normalized spacial score (nSPS) is 25.1. The van der Waals surface area contributed by atoms with Crippen molar-refractivity contribution in [3.8, 4) is 0 Å². The van der Waals surface area contributed by atoms with Gasteiger partial charge in [0, 0.05) is 63.9 Å². The van der Waals surface area contributed by atoms with Crippen molar-refractivity contribution in [2.75, 3.05) is 52.1 Å². The first-order valence-electron chi connectivity index (χ1n) is 29.2. The molecule has 1 amide bonds. The maximum Gasteiger partial charge on any atom is 0.319 e. The smallest absolute Gasteiger partial charge is 0.319 e. The largest absolute Gasteiger partial charge is 0.465 e. The van der Waals surface area contributed by atoms with E-state index >= 15 is 0 Å². The fourth-order valence-electron chi connectivity index (χ4n) is 10.1. The molecule has 2 aliphatic heterocycles. The lowest BCUT2D eigenvalue weighted by Crippen LogP contribution is -2.59. The Morgan fingerprint density at radius 1 is 0.901 bits per heavy atom. The van der Waals surface area contributed by atoms with Gasteiger partial charge in [0.25, 0.3) is 11.7 Å². The van der Waals surface area contributed by atoms with E-state index in [-0.39, 0.29) is 87.3 Å². The maximum atomic E-state index is 13.8. The molecule has 0 bridgehead atoms. The Bertz CT molecular complexity index is 2110. The molecule has 2 saturated heterocycles. The first kappa shape index (κ1) is 75.0. The van der Waals surface area contributed by atoms with Crippen molar-refractivity contribution in [3.05, 3.63) is 47.6 Å². The van der Waals surface area contributed by atoms with Gasteiger partial charge in [0.15, 0.2) is 5.78 Å². The minimum atomic E-state index is -2.30. The summed E-state index contributed by atoms with van der Waals surface area (Å²) in [5.41, 5.74) is 0.326. The molecule has 8 unspecified atom stereocenters. The van der Waals surface area contributed by atoms with Crippen LogP contribution in [0.2, 0.25) is 0 Å². The van der Waals surface area contributed by atoms with Crippen LogP contribution in [0.25, 0.3) is 0 Å². The summed E-state index contributed by atoms with van der Waals surface area (Å²) >= 11 is 2.04. The van der Waals surface area contributed by atoms with Crippen LogP contribution in [0.4, 0.5) is 0 Å². The fraction of sp³-hybridized carbons (Fsp3) is 0.742. The predicted octanol–water partition coefficient (Wildman–Crippen LogP) is 9.36. The van der Waals surface area contributed by atoms with Gasteiger partial charge in [0.05, 0.1) is 31.3 Å². The third-order valence-electron chi connectivity index (χ3n) is 15.7. The number of allylic oxidation sites excluding steroid dienone is 7. The van der Waals surface area contributed by atoms with Crippen LogP contribution in [0, 0.1) is 35.0 Å². The number of nitrogens with zero attached hydrogens (tertiary/aromatic N) is 1. The molecule has 3 fully saturated rings. The monoisotopic (exact) mass is 1260 g/mol. The highest BCUT2D eigenvalue weighted by Gasteiger charge is 2.51. The number of carbonyl (C=O) groups is 8. The zero-order valence-corrected chi connectivity index (χ0v) is 53.3. The van der Waals surface area contributed by atoms with E-state index in [0.29, 0.717) is 67.7 Å². The van der Waals surface area contributed by atoms with Crippen molar-refractivity contribution < 1.29 is 81.7 Å². The molecule has 81 heavy (non-hydrogen) atoms. The molecular weight excluding hydrogens is 1160 g/mol. The van der Waals surface area contributed by atoms with E-state index in [4.69, 9.17) is 33.2 Å². The number of likely N-dealkylation sites (tertiary alicyclic amines) is 1. The molecule has 3 rings (SSSR count). The van der Waals surface area contributed by atoms with Gasteiger partial charge in [-0.2, -0.15) is 0 Å². The van der Waals surface area contributed by atoms with Crippen molar-refractivity contribution in [2.45, 2.75) is 208 Å². The van der Waals surface area contributed by atoms with Gasteiger partial charge in [-0.1, -0.05) is 113 Å². The number of aliphatic hydroxyl groups is 2. The summed E-state index contributed by atoms with van der Waals surface area (Å²) in [6.45, 7) is 19.4. The number of rotatable bonds is 31. The first-order chi connectivity index (χ1) is 38.4. The van der Waals surface area contributed by atoms with Gasteiger partial charge < -0.3 is 53.1 Å². The summed E-state index contributed by atoms with van der Waals surface area (Å²) in [7, 11) is 4.36. The molecule has 0 radical (unpaired) electrons. The summed E-state index contributed by atoms with van der Waals surface area (Å²) in [4.78, 5) is 106. The number of piperidine rings is 1. The van der Waals surface area contributed by atoms with Gasteiger partial charge in [-0.25, -0.2) is 0 Å². The molecule has 18 nitrogen and oxygen atoms in total. The number of carbonyl (C=O) groups excluding carboxylic acids is 8. The van der Waals surface area contributed by atoms with E-state index in [1.54, 1.807) is 26.8 Å². The van der Waals surface area contributed by atoms with E-state index in [1.807, 2.05) is 43.4 Å². The average Bonchev–Trinajstić information content (AvgIpc) is 3.47. The number of esters is 3. The number of methoxy groups -OCH3 is 3. The predicted molar refractivity (Wildman–Crippen MR) is 318 cm³/mol. The topological polar surface area (TPSA) is 245 Å². The number of ketones is 3. The number of aliphatic hydroxyl groups excluding tert-OH is 1. The molecule has 19 heteroatoms. The summed E-state index contributed by atoms with van der Waals surface area (Å²) in [5.74, 6) is -8.39. The number of Topliss-reactive ketones (excluding diaryl/α,β-unsaturated/α-hetero) is 3. The Morgan fingerprint density at radius 3 is 2.15 bits per heavy atom. The first-order valence-corrected chi connectivity index (χ1v) is 30.7. The second-order valence-electron chi connectivity index (χ2n) is 21.7. The molecule has 0 spiro atoms. The number of amides is 1. The third-order valence-corrected chi connectivity index (χ3v) is 16.3. The zero-order chi connectivity index (χ0) is 61.5. The van der Waals surface area contributed by atoms with Crippen molar-refractivity contribution in [2.24, 2.45) is 35.0 Å². The molecular formula is C62H100INO17. The lowest BCUT2D eigenvalue weighted by atomic mass is 9.70. The number of hydrogen-bond donors (Lipinski definition) is 2. The van der Waals surface area contributed by atoms with Crippen LogP contribution in [-0.2, 0) is 71.5 Å². The second kappa shape index (κ2) is 39.5. The van der Waals surface area contributed by atoms with E-state index in [1.165, 1.54) is 45.6 Å². The highest BCUT2D eigenvalue weighted by atomic mass is 127. The van der Waals surface area contributed by atoms with Gasteiger partial charge in [0.2, 0.25) is 5.79 Å². The Balaban J connectivity index is 0.00000224. The third kappa shape index (κ3) is 24.3. The molecule has 13 atom stereocenters. The van der Waals surface area contributed by atoms with E-state index in [0.717, 1.165) is 12.8 Å². The molecule has 0 aromatic heterocycles. The molecule has 1 saturated carbocycles. The average molecular weight is 1260 g/mol. The molecule has 0 aromatic rings. The van der Waals surface area contributed by atoms with Crippen LogP contribution in [0.1, 0.15) is 166 Å². The van der Waals surface area contributed by atoms with Gasteiger partial charge in [-0.3, -0.25) is 33.6 Å². The number of alkyl halides is 1. The Kier molecular flexibility index (Phi) is 36.6. The van der Waals surface area contributed by atoms with Crippen molar-refractivity contribution in [1.29, 1.82) is 0 Å². The number of ether oxygens (including phenoxy) is 7. The second-order valence-corrected chi connectivity index (χ2v) is 22.8. The minimum Gasteiger partial charge on any atom is -0.465 e. The van der Waals surface area contributed by atoms with E-state index in [9.17, 15) is 48.6 Å². The maximum absolute atomic E-state index is 13.8. The molecule has 462 valence electrons. The van der Waals surface area contributed by atoms with Crippen LogP contribution in [0.15, 0.2) is 47.6 Å². The Labute approximate surface area is 497 Å². The van der Waals surface area contributed by atoms with Gasteiger partial charge in [-0.15, -0.1) is 0 Å². The summed E-state index contributed by atoms with van der Waals surface area (Å²) in [5, 5.41) is 22.2. The highest BCUT2D eigenvalue weighted by Crippen LogP contribution is 2.42. The Hall–Kier alpha value is -3.99. The molecule has 0 aromatic carbocycles. The van der Waals surface area contributed by atoms with Crippen molar-refractivity contribution in [3.63, 3.8) is 0 Å². The lowest BCUT2D eigenvalue weighted by Gasteiger charge is -2.44. The van der Waals surface area contributed by atoms with Crippen LogP contribution in [0.5, 0.6) is 0 Å². The number of hydrogen-bond acceptors (Lipinski definition) is 17. The minimum absolute atomic E-state index is 0.0166. The van der Waals surface area contributed by atoms with Crippen molar-refractivity contribution >= 4 is 70.0 Å². The Morgan fingerprint density at radius 2 is 1.58 bits per heavy atom. The zero-order valence-electron chi connectivity index (χ0n) is 51.2. The summed E-state index contributed by atoms with van der Waals surface area (Å²) in [6, 6.07) is -1.02. The van der Waals surface area contributed by atoms with E-state index < -0.39 is 83.3 Å². The van der Waals surface area contributed by atoms with Crippen LogP contribution >= 0.6 is 22.6 Å². The van der Waals surface area contributed by atoms with E-state index in [2.05, 4.69) is 51.2 Å². The lowest BCUT2D eigenvalue weighted by molar-refractivity contribution is -0.240. The van der Waals surface area contributed by atoms with Crippen LogP contribution in [-0.4, -0.2) is 157 Å². The quantitative estimate of drug-likeness (QED) is 0.00959. The summed E-state index contributed by atoms with van der Waals surface area (Å²) < 4.78 is 39.9. The van der Waals surface area contributed by atoms with Gasteiger partial charge in [0.1, 0.15) is 49.0 Å².